The van der Waals surface area contributed by atoms with Crippen LogP contribution >= 0.6 is 11.3 Å². The van der Waals surface area contributed by atoms with Crippen LogP contribution in [0.2, 0.25) is 0 Å². The zero-order valence-corrected chi connectivity index (χ0v) is 13.4. The van der Waals surface area contributed by atoms with Crippen LogP contribution in [0.3, 0.4) is 0 Å². The second-order valence-electron chi connectivity index (χ2n) is 5.60. The van der Waals surface area contributed by atoms with E-state index in [-0.39, 0.29) is 5.91 Å². The largest absolute Gasteiger partial charge is 0.348 e. The van der Waals surface area contributed by atoms with Crippen LogP contribution < -0.4 is 10.2 Å². The lowest BCUT2D eigenvalue weighted by Gasteiger charge is -2.12. The summed E-state index contributed by atoms with van der Waals surface area (Å²) in [6.45, 7) is 2.58. The highest BCUT2D eigenvalue weighted by molar-refractivity contribution is 7.13. The minimum atomic E-state index is -0.211. The van der Waals surface area contributed by atoms with Crippen LogP contribution in [0, 0.1) is 0 Å². The molecule has 1 aromatic carbocycles. The van der Waals surface area contributed by atoms with Crippen molar-refractivity contribution in [3.05, 3.63) is 41.2 Å². The van der Waals surface area contributed by atoms with Crippen molar-refractivity contribution in [1.82, 2.24) is 20.3 Å². The van der Waals surface area contributed by atoms with E-state index in [2.05, 4.69) is 25.2 Å². The molecule has 1 fully saturated rings. The highest BCUT2D eigenvalue weighted by Crippen LogP contribution is 2.24. The van der Waals surface area contributed by atoms with E-state index in [0.717, 1.165) is 34.9 Å². The second kappa shape index (κ2) is 6.00. The highest BCUT2D eigenvalue weighted by Gasteiger charge is 2.16. The molecule has 0 saturated carbocycles. The first-order valence-corrected chi connectivity index (χ1v) is 8.60. The number of carbonyl (C=O) groups is 1. The van der Waals surface area contributed by atoms with Crippen LogP contribution in [-0.2, 0) is 6.54 Å². The molecule has 118 valence electrons. The number of amides is 1. The second-order valence-corrected chi connectivity index (χ2v) is 6.44. The predicted octanol–water partition coefficient (Wildman–Crippen LogP) is 2.55. The fourth-order valence-corrected chi connectivity index (χ4v) is 3.63. The number of aromatic nitrogens is 3. The first-order valence-electron chi connectivity index (χ1n) is 7.72. The van der Waals surface area contributed by atoms with E-state index in [4.69, 9.17) is 0 Å². The molecular formula is C16H17N5OS. The average molecular weight is 327 g/mol. The van der Waals surface area contributed by atoms with E-state index in [0.29, 0.717) is 12.4 Å². The van der Waals surface area contributed by atoms with Gasteiger partial charge in [0.15, 0.2) is 11.0 Å². The summed E-state index contributed by atoms with van der Waals surface area (Å²) in [6, 6.07) is 7.60. The Bertz CT molecular complexity index is 801. The van der Waals surface area contributed by atoms with Gasteiger partial charge in [0, 0.05) is 18.5 Å². The summed E-state index contributed by atoms with van der Waals surface area (Å²) in [6.07, 6.45) is 2.47. The Morgan fingerprint density at radius 2 is 2.09 bits per heavy atom. The molecule has 6 nitrogen and oxygen atoms in total. The SMILES string of the molecule is O=C(NCc1csc(N2CCCC2)n1)c1nc2ccccc2[nH]1. The minimum Gasteiger partial charge on any atom is -0.348 e. The number of aromatic amines is 1. The third-order valence-electron chi connectivity index (χ3n) is 3.95. The van der Waals surface area contributed by atoms with Gasteiger partial charge in [0.2, 0.25) is 0 Å². The average Bonchev–Trinajstić information content (AvgIpc) is 3.31. The maximum absolute atomic E-state index is 12.2. The molecule has 0 aliphatic carbocycles. The molecule has 1 aliphatic rings. The van der Waals surface area contributed by atoms with Crippen molar-refractivity contribution in [3.8, 4) is 0 Å². The van der Waals surface area contributed by atoms with Gasteiger partial charge in [-0.25, -0.2) is 9.97 Å². The fourth-order valence-electron chi connectivity index (χ4n) is 2.75. The number of nitrogens with zero attached hydrogens (tertiary/aromatic N) is 3. The number of thiazole rings is 1. The molecule has 1 amide bonds. The zero-order valence-electron chi connectivity index (χ0n) is 12.6. The van der Waals surface area contributed by atoms with Gasteiger partial charge >= 0.3 is 0 Å². The molecule has 2 N–H and O–H groups in total. The summed E-state index contributed by atoms with van der Waals surface area (Å²) >= 11 is 1.64. The number of H-pyrrole nitrogens is 1. The van der Waals surface area contributed by atoms with Crippen LogP contribution in [0.1, 0.15) is 29.2 Å². The number of para-hydroxylation sites is 2. The number of anilines is 1. The van der Waals surface area contributed by atoms with Crippen molar-refractivity contribution in [2.75, 3.05) is 18.0 Å². The Labute approximate surface area is 137 Å². The molecule has 4 rings (SSSR count). The van der Waals surface area contributed by atoms with Crippen molar-refractivity contribution >= 4 is 33.4 Å². The number of rotatable bonds is 4. The number of nitrogens with one attached hydrogen (secondary N) is 2. The number of hydrogen-bond donors (Lipinski definition) is 2. The number of imidazole rings is 1. The number of benzene rings is 1. The van der Waals surface area contributed by atoms with Gasteiger partial charge < -0.3 is 15.2 Å². The summed E-state index contributed by atoms with van der Waals surface area (Å²) in [4.78, 5) is 26.4. The lowest BCUT2D eigenvalue weighted by Crippen LogP contribution is -2.24. The molecule has 0 unspecified atom stereocenters. The lowest BCUT2D eigenvalue weighted by atomic mass is 10.3. The standard InChI is InChI=1S/C16H17N5OS/c22-15(14-19-12-5-1-2-6-13(12)20-14)17-9-11-10-23-16(18-11)21-7-3-4-8-21/h1-2,5-6,10H,3-4,7-9H2,(H,17,22)(H,19,20). The van der Waals surface area contributed by atoms with Crippen molar-refractivity contribution in [1.29, 1.82) is 0 Å². The van der Waals surface area contributed by atoms with E-state index in [1.165, 1.54) is 12.8 Å². The van der Waals surface area contributed by atoms with Gasteiger partial charge in [-0.3, -0.25) is 4.79 Å². The highest BCUT2D eigenvalue weighted by atomic mass is 32.1. The van der Waals surface area contributed by atoms with Crippen LogP contribution in [-0.4, -0.2) is 33.9 Å². The van der Waals surface area contributed by atoms with Crippen LogP contribution in [0.25, 0.3) is 11.0 Å². The van der Waals surface area contributed by atoms with Gasteiger partial charge in [-0.1, -0.05) is 12.1 Å². The lowest BCUT2D eigenvalue weighted by molar-refractivity contribution is 0.0941. The normalized spacial score (nSPS) is 14.5. The maximum atomic E-state index is 12.2. The number of carbonyl (C=O) groups excluding carboxylic acids is 1. The van der Waals surface area contributed by atoms with Crippen LogP contribution in [0.15, 0.2) is 29.6 Å². The molecule has 2 aromatic heterocycles. The van der Waals surface area contributed by atoms with E-state index in [1.54, 1.807) is 11.3 Å². The van der Waals surface area contributed by atoms with Crippen molar-refractivity contribution in [2.45, 2.75) is 19.4 Å². The number of hydrogen-bond acceptors (Lipinski definition) is 5. The van der Waals surface area contributed by atoms with E-state index >= 15 is 0 Å². The van der Waals surface area contributed by atoms with Crippen molar-refractivity contribution < 1.29 is 4.79 Å². The predicted molar refractivity (Wildman–Crippen MR) is 90.8 cm³/mol. The Morgan fingerprint density at radius 1 is 1.26 bits per heavy atom. The van der Waals surface area contributed by atoms with Gasteiger partial charge in [-0.15, -0.1) is 11.3 Å². The molecule has 3 aromatic rings. The Balaban J connectivity index is 1.41. The zero-order chi connectivity index (χ0) is 15.6. The summed E-state index contributed by atoms with van der Waals surface area (Å²) in [5.41, 5.74) is 2.55. The smallest absolute Gasteiger partial charge is 0.287 e. The molecular weight excluding hydrogens is 310 g/mol. The van der Waals surface area contributed by atoms with Gasteiger partial charge in [0.25, 0.3) is 5.91 Å². The first-order chi connectivity index (χ1) is 11.3. The summed E-state index contributed by atoms with van der Waals surface area (Å²) in [5.74, 6) is 0.123. The van der Waals surface area contributed by atoms with Crippen LogP contribution in [0.4, 0.5) is 5.13 Å². The molecule has 0 radical (unpaired) electrons. The van der Waals surface area contributed by atoms with Gasteiger partial charge in [-0.05, 0) is 25.0 Å². The first kappa shape index (κ1) is 14.2. The summed E-state index contributed by atoms with van der Waals surface area (Å²) in [7, 11) is 0. The molecule has 23 heavy (non-hydrogen) atoms. The van der Waals surface area contributed by atoms with Crippen molar-refractivity contribution in [2.24, 2.45) is 0 Å². The summed E-state index contributed by atoms with van der Waals surface area (Å²) < 4.78 is 0. The van der Waals surface area contributed by atoms with Gasteiger partial charge in [-0.2, -0.15) is 0 Å². The third kappa shape index (κ3) is 2.92. The molecule has 0 bridgehead atoms. The molecule has 1 saturated heterocycles. The van der Waals surface area contributed by atoms with Gasteiger partial charge in [0.05, 0.1) is 23.3 Å². The van der Waals surface area contributed by atoms with Gasteiger partial charge in [0.1, 0.15) is 0 Å². The van der Waals surface area contributed by atoms with E-state index < -0.39 is 0 Å². The number of fused-ring (bicyclic) bond motifs is 1. The van der Waals surface area contributed by atoms with Crippen molar-refractivity contribution in [3.63, 3.8) is 0 Å². The Morgan fingerprint density at radius 3 is 2.91 bits per heavy atom. The molecule has 1 aliphatic heterocycles. The molecule has 7 heteroatoms. The topological polar surface area (TPSA) is 73.9 Å². The minimum absolute atomic E-state index is 0.211. The fraction of sp³-hybridized carbons (Fsp3) is 0.312. The van der Waals surface area contributed by atoms with E-state index in [9.17, 15) is 4.79 Å². The molecule has 0 atom stereocenters. The van der Waals surface area contributed by atoms with E-state index in [1.807, 2.05) is 29.6 Å². The van der Waals surface area contributed by atoms with Crippen LogP contribution in [0.5, 0.6) is 0 Å². The quantitative estimate of drug-likeness (QED) is 0.772. The monoisotopic (exact) mass is 327 g/mol. The Hall–Kier alpha value is -2.41. The third-order valence-corrected chi connectivity index (χ3v) is 4.90. The maximum Gasteiger partial charge on any atom is 0.287 e. The molecule has 0 spiro atoms. The molecule has 3 heterocycles. The summed E-state index contributed by atoms with van der Waals surface area (Å²) in [5, 5.41) is 5.93. The Kier molecular flexibility index (Phi) is 3.70.